The lowest BCUT2D eigenvalue weighted by Crippen LogP contribution is -2.20. The van der Waals surface area contributed by atoms with Gasteiger partial charge in [0, 0.05) is 18.8 Å². The molecular formula is C28H26N4O3. The van der Waals surface area contributed by atoms with Gasteiger partial charge in [-0.15, -0.1) is 0 Å². The number of hydrogen-bond acceptors (Lipinski definition) is 6. The molecule has 0 radical (unpaired) electrons. The summed E-state index contributed by atoms with van der Waals surface area (Å²) < 4.78 is 7.05. The third kappa shape index (κ3) is 4.51. The molecule has 1 aromatic heterocycles. The topological polar surface area (TPSA) is 88.7 Å². The molecule has 1 aliphatic rings. The van der Waals surface area contributed by atoms with Gasteiger partial charge >= 0.3 is 0 Å². The Labute approximate surface area is 203 Å². The molecule has 0 amide bonds. The van der Waals surface area contributed by atoms with Crippen molar-refractivity contribution >= 4 is 12.0 Å². The maximum absolute atomic E-state index is 13.5. The Hall–Kier alpha value is -4.07. The molecule has 7 heteroatoms. The highest BCUT2D eigenvalue weighted by atomic mass is 16.5. The van der Waals surface area contributed by atoms with Crippen LogP contribution in [0.15, 0.2) is 84.1 Å². The SMILES string of the molecule is COc1ccc(-n2cnc3c2C(=O)C(c2ccc(-c4ccccc4CNCCO)cc2)N=C3)cc1. The number of imidazole rings is 1. The summed E-state index contributed by atoms with van der Waals surface area (Å²) >= 11 is 0. The fourth-order valence-electron chi connectivity index (χ4n) is 4.32. The van der Waals surface area contributed by atoms with Crippen LogP contribution < -0.4 is 10.1 Å². The van der Waals surface area contributed by atoms with E-state index in [1.165, 1.54) is 0 Å². The Bertz CT molecular complexity index is 1360. The Morgan fingerprint density at radius 1 is 1.03 bits per heavy atom. The zero-order chi connectivity index (χ0) is 24.2. The van der Waals surface area contributed by atoms with E-state index in [4.69, 9.17) is 9.84 Å². The number of ketones is 1. The van der Waals surface area contributed by atoms with Gasteiger partial charge < -0.3 is 15.2 Å². The smallest absolute Gasteiger partial charge is 0.210 e. The van der Waals surface area contributed by atoms with Crippen LogP contribution in [0.5, 0.6) is 5.75 Å². The van der Waals surface area contributed by atoms with Crippen LogP contribution in [0.1, 0.15) is 33.4 Å². The average Bonchev–Trinajstić information content (AvgIpc) is 3.35. The number of carbonyl (C=O) groups is 1. The van der Waals surface area contributed by atoms with Crippen LogP contribution in [0.25, 0.3) is 16.8 Å². The zero-order valence-electron chi connectivity index (χ0n) is 19.4. The monoisotopic (exact) mass is 466 g/mol. The minimum Gasteiger partial charge on any atom is -0.497 e. The molecule has 1 atom stereocenters. The fraction of sp³-hybridized carbons (Fsp3) is 0.179. The number of Topliss-reactive ketones (excluding diaryl/α,β-unsaturated/α-hetero) is 1. The third-order valence-electron chi connectivity index (χ3n) is 6.13. The van der Waals surface area contributed by atoms with Crippen LogP contribution in [-0.2, 0) is 6.54 Å². The molecule has 176 valence electrons. The van der Waals surface area contributed by atoms with Gasteiger partial charge in [0.25, 0.3) is 0 Å². The van der Waals surface area contributed by atoms with E-state index in [0.29, 0.717) is 24.5 Å². The highest BCUT2D eigenvalue weighted by molar-refractivity contribution is 6.08. The molecule has 2 heterocycles. The molecule has 0 fully saturated rings. The van der Waals surface area contributed by atoms with Crippen LogP contribution >= 0.6 is 0 Å². The van der Waals surface area contributed by atoms with Crippen molar-refractivity contribution in [3.8, 4) is 22.6 Å². The lowest BCUT2D eigenvalue weighted by Gasteiger charge is -2.18. The number of rotatable bonds is 8. The minimum atomic E-state index is -0.619. The summed E-state index contributed by atoms with van der Waals surface area (Å²) in [7, 11) is 1.62. The van der Waals surface area contributed by atoms with E-state index in [9.17, 15) is 4.79 Å². The first-order chi connectivity index (χ1) is 17.2. The zero-order valence-corrected chi connectivity index (χ0v) is 19.4. The van der Waals surface area contributed by atoms with Crippen molar-refractivity contribution < 1.29 is 14.6 Å². The van der Waals surface area contributed by atoms with Crippen LogP contribution in [0.4, 0.5) is 0 Å². The van der Waals surface area contributed by atoms with Gasteiger partial charge in [-0.3, -0.25) is 14.4 Å². The van der Waals surface area contributed by atoms with E-state index in [1.54, 1.807) is 24.2 Å². The number of nitrogens with one attached hydrogen (secondary N) is 1. The number of benzene rings is 3. The second kappa shape index (κ2) is 10.0. The highest BCUT2D eigenvalue weighted by Gasteiger charge is 2.30. The summed E-state index contributed by atoms with van der Waals surface area (Å²) in [5, 5.41) is 12.3. The number of aliphatic hydroxyl groups is 1. The largest absolute Gasteiger partial charge is 0.497 e. The van der Waals surface area contributed by atoms with Gasteiger partial charge in [-0.25, -0.2) is 4.98 Å². The second-order valence-corrected chi connectivity index (χ2v) is 8.27. The number of aliphatic imine (C=N–C) groups is 1. The van der Waals surface area contributed by atoms with E-state index in [-0.39, 0.29) is 12.4 Å². The Kier molecular flexibility index (Phi) is 6.52. The van der Waals surface area contributed by atoms with Crippen molar-refractivity contribution in [1.82, 2.24) is 14.9 Å². The van der Waals surface area contributed by atoms with E-state index in [0.717, 1.165) is 33.7 Å². The second-order valence-electron chi connectivity index (χ2n) is 8.27. The molecular weight excluding hydrogens is 440 g/mol. The number of fused-ring (bicyclic) bond motifs is 1. The summed E-state index contributed by atoms with van der Waals surface area (Å²) in [5.41, 5.74) is 6.09. The molecule has 4 aromatic rings. The molecule has 1 unspecified atom stereocenters. The van der Waals surface area contributed by atoms with Crippen LogP contribution in [-0.4, -0.2) is 46.9 Å². The van der Waals surface area contributed by atoms with Crippen molar-refractivity contribution in [3.05, 3.63) is 102 Å². The molecule has 1 aliphatic heterocycles. The van der Waals surface area contributed by atoms with Crippen LogP contribution in [0.3, 0.4) is 0 Å². The van der Waals surface area contributed by atoms with Gasteiger partial charge in [0.05, 0.1) is 19.9 Å². The number of methoxy groups -OCH3 is 1. The van der Waals surface area contributed by atoms with Gasteiger partial charge in [-0.05, 0) is 46.5 Å². The van der Waals surface area contributed by atoms with Gasteiger partial charge in [0.1, 0.15) is 29.5 Å². The van der Waals surface area contributed by atoms with Crippen LogP contribution in [0, 0.1) is 0 Å². The number of aromatic nitrogens is 2. The maximum atomic E-state index is 13.5. The number of aliphatic hydroxyl groups excluding tert-OH is 1. The van der Waals surface area contributed by atoms with Gasteiger partial charge in [0.2, 0.25) is 5.78 Å². The molecule has 0 saturated heterocycles. The molecule has 0 spiro atoms. The third-order valence-corrected chi connectivity index (χ3v) is 6.13. The normalized spacial score (nSPS) is 14.7. The van der Waals surface area contributed by atoms with Crippen molar-refractivity contribution in [2.45, 2.75) is 12.6 Å². The fourth-order valence-corrected chi connectivity index (χ4v) is 4.32. The standard InChI is InChI=1S/C28H26N4O3/c1-35-23-12-10-22(11-13-23)32-18-31-25-17-30-26(28(34)27(25)32)20-8-6-19(7-9-20)24-5-3-2-4-21(24)16-29-14-15-33/h2-13,17-18,26,29,33H,14-16H2,1H3. The lowest BCUT2D eigenvalue weighted by molar-refractivity contribution is 0.0953. The predicted molar refractivity (Wildman–Crippen MR) is 135 cm³/mol. The van der Waals surface area contributed by atoms with Gasteiger partial charge in [-0.1, -0.05) is 48.5 Å². The number of ether oxygens (including phenoxy) is 1. The van der Waals surface area contributed by atoms with Crippen molar-refractivity contribution in [2.75, 3.05) is 20.3 Å². The molecule has 3 aromatic carbocycles. The summed E-state index contributed by atoms with van der Waals surface area (Å²) in [4.78, 5) is 22.4. The summed E-state index contributed by atoms with van der Waals surface area (Å²) in [5.74, 6) is 0.663. The average molecular weight is 467 g/mol. The quantitative estimate of drug-likeness (QED) is 0.384. The highest BCUT2D eigenvalue weighted by Crippen LogP contribution is 2.31. The Morgan fingerprint density at radius 2 is 1.80 bits per heavy atom. The van der Waals surface area contributed by atoms with Gasteiger partial charge in [0.15, 0.2) is 0 Å². The number of nitrogens with zero attached hydrogens (tertiary/aromatic N) is 3. The first-order valence-corrected chi connectivity index (χ1v) is 11.5. The number of carbonyl (C=O) groups excluding carboxylic acids is 1. The Balaban J connectivity index is 1.41. The molecule has 5 rings (SSSR count). The van der Waals surface area contributed by atoms with Crippen LogP contribution in [0.2, 0.25) is 0 Å². The molecule has 0 aliphatic carbocycles. The predicted octanol–water partition coefficient (Wildman–Crippen LogP) is 3.99. The maximum Gasteiger partial charge on any atom is 0.210 e. The summed E-state index contributed by atoms with van der Waals surface area (Å²) in [6.07, 6.45) is 3.33. The van der Waals surface area contributed by atoms with E-state index in [2.05, 4.69) is 27.4 Å². The Morgan fingerprint density at radius 3 is 2.54 bits per heavy atom. The first kappa shape index (κ1) is 22.7. The molecule has 2 N–H and O–H groups in total. The molecule has 7 nitrogen and oxygen atoms in total. The molecule has 35 heavy (non-hydrogen) atoms. The van der Waals surface area contributed by atoms with Crippen molar-refractivity contribution in [3.63, 3.8) is 0 Å². The first-order valence-electron chi connectivity index (χ1n) is 11.5. The molecule has 0 saturated carbocycles. The van der Waals surface area contributed by atoms with Crippen molar-refractivity contribution in [1.29, 1.82) is 0 Å². The van der Waals surface area contributed by atoms with Crippen molar-refractivity contribution in [2.24, 2.45) is 4.99 Å². The molecule has 0 bridgehead atoms. The summed E-state index contributed by atoms with van der Waals surface area (Å²) in [6.45, 7) is 1.32. The van der Waals surface area contributed by atoms with E-state index < -0.39 is 6.04 Å². The van der Waals surface area contributed by atoms with E-state index >= 15 is 0 Å². The van der Waals surface area contributed by atoms with Gasteiger partial charge in [-0.2, -0.15) is 0 Å². The number of hydrogen-bond donors (Lipinski definition) is 2. The lowest BCUT2D eigenvalue weighted by atomic mass is 9.94. The summed E-state index contributed by atoms with van der Waals surface area (Å²) in [6, 6.07) is 23.0. The van der Waals surface area contributed by atoms with E-state index in [1.807, 2.05) is 60.7 Å². The minimum absolute atomic E-state index is 0.0860.